The van der Waals surface area contributed by atoms with Crippen molar-refractivity contribution >= 4 is 5.97 Å². The minimum Gasteiger partial charge on any atom is -0.444 e. The highest BCUT2D eigenvalue weighted by Crippen LogP contribution is 2.60. The summed E-state index contributed by atoms with van der Waals surface area (Å²) in [7, 11) is 0. The normalized spacial score (nSPS) is 25.0. The molecule has 0 aromatic heterocycles. The van der Waals surface area contributed by atoms with Crippen LogP contribution in [0.25, 0.3) is 0 Å². The molecule has 0 N–H and O–H groups in total. The Hall–Kier alpha value is -1.70. The van der Waals surface area contributed by atoms with Gasteiger partial charge in [0.15, 0.2) is 6.10 Å². The molecule has 1 aliphatic rings. The van der Waals surface area contributed by atoms with Gasteiger partial charge in [0, 0.05) is 6.08 Å². The molecule has 0 heterocycles. The average molecular weight is 314 g/mol. The van der Waals surface area contributed by atoms with Crippen molar-refractivity contribution < 1.29 is 22.7 Å². The molecule has 0 saturated heterocycles. The molecule has 1 aliphatic carbocycles. The van der Waals surface area contributed by atoms with E-state index < -0.39 is 18.2 Å². The molecule has 3 unspecified atom stereocenters. The molecule has 5 heteroatoms. The molecule has 0 radical (unpaired) electrons. The van der Waals surface area contributed by atoms with Crippen LogP contribution in [0, 0.1) is 29.6 Å². The summed E-state index contributed by atoms with van der Waals surface area (Å²) in [4.78, 5) is 12.2. The van der Waals surface area contributed by atoms with Crippen LogP contribution in [0.3, 0.4) is 0 Å². The fourth-order valence-corrected chi connectivity index (χ4v) is 2.58. The van der Waals surface area contributed by atoms with E-state index in [2.05, 4.69) is 5.92 Å². The van der Waals surface area contributed by atoms with Crippen molar-refractivity contribution in [1.82, 2.24) is 0 Å². The largest absolute Gasteiger partial charge is 0.444 e. The molecule has 0 amide bonds. The molecule has 3 atom stereocenters. The summed E-state index contributed by atoms with van der Waals surface area (Å²) < 4.78 is 42.1. The number of allylic oxidation sites excluding steroid dienone is 3. The van der Waals surface area contributed by atoms with Crippen molar-refractivity contribution in [2.75, 3.05) is 0 Å². The number of hydrogen-bond acceptors (Lipinski definition) is 2. The fraction of sp³-hybridized carbons (Fsp3) is 0.588. The highest BCUT2D eigenvalue weighted by Gasteiger charge is 2.61. The molecular weight excluding hydrogens is 293 g/mol. The van der Waals surface area contributed by atoms with E-state index >= 15 is 0 Å². The predicted molar refractivity (Wildman–Crippen MR) is 78.7 cm³/mol. The molecule has 0 aliphatic heterocycles. The van der Waals surface area contributed by atoms with E-state index in [0.717, 1.165) is 5.57 Å². The van der Waals surface area contributed by atoms with Gasteiger partial charge in [-0.2, -0.15) is 13.2 Å². The number of esters is 1. The van der Waals surface area contributed by atoms with E-state index in [4.69, 9.17) is 11.2 Å². The summed E-state index contributed by atoms with van der Waals surface area (Å²) in [5.74, 6) is 1.19. The minimum atomic E-state index is -4.49. The van der Waals surface area contributed by atoms with E-state index in [1.165, 1.54) is 6.92 Å². The maximum Gasteiger partial charge on any atom is 0.409 e. The topological polar surface area (TPSA) is 26.3 Å². The van der Waals surface area contributed by atoms with Crippen molar-refractivity contribution in [3.05, 3.63) is 23.3 Å². The summed E-state index contributed by atoms with van der Waals surface area (Å²) in [6.45, 7) is 8.91. The smallest absolute Gasteiger partial charge is 0.409 e. The summed E-state index contributed by atoms with van der Waals surface area (Å²) in [6, 6.07) is 0. The maximum absolute atomic E-state index is 12.3. The minimum absolute atomic E-state index is 0.0235. The molecule has 0 spiro atoms. The number of rotatable bonds is 4. The zero-order valence-electron chi connectivity index (χ0n) is 13.4. The lowest BCUT2D eigenvalue weighted by atomic mass is 10.1. The van der Waals surface area contributed by atoms with Crippen LogP contribution in [-0.2, 0) is 9.53 Å². The monoisotopic (exact) mass is 314 g/mol. The van der Waals surface area contributed by atoms with Crippen LogP contribution in [0.5, 0.6) is 0 Å². The third kappa shape index (κ3) is 4.40. The van der Waals surface area contributed by atoms with Gasteiger partial charge in [-0.05, 0) is 37.7 Å². The Bertz CT molecular complexity index is 543. The Balaban J connectivity index is 2.82. The van der Waals surface area contributed by atoms with Gasteiger partial charge in [0.1, 0.15) is 0 Å². The summed E-state index contributed by atoms with van der Waals surface area (Å²) in [5.41, 5.74) is 0.602. The van der Waals surface area contributed by atoms with E-state index in [0.29, 0.717) is 0 Å². The Labute approximate surface area is 129 Å². The summed E-state index contributed by atoms with van der Waals surface area (Å²) >= 11 is 0. The molecule has 22 heavy (non-hydrogen) atoms. The molecule has 1 saturated carbocycles. The zero-order valence-corrected chi connectivity index (χ0v) is 13.4. The SMILES string of the molecule is C#CC(OC(=O)C1C(C=C(C)C)C1(C)C)C(C)=CC(F)(F)F. The number of carbonyl (C=O) groups is 1. The van der Waals surface area contributed by atoms with Crippen LogP contribution in [0.15, 0.2) is 23.3 Å². The third-order valence-corrected chi connectivity index (χ3v) is 3.87. The second-order valence-electron chi connectivity index (χ2n) is 6.48. The quantitative estimate of drug-likeness (QED) is 0.440. The highest BCUT2D eigenvalue weighted by atomic mass is 19.4. The third-order valence-electron chi connectivity index (χ3n) is 3.87. The average Bonchev–Trinajstić information content (AvgIpc) is 2.84. The van der Waals surface area contributed by atoms with Gasteiger partial charge in [-0.3, -0.25) is 4.79 Å². The zero-order chi connectivity index (χ0) is 17.3. The Morgan fingerprint density at radius 3 is 2.27 bits per heavy atom. The molecule has 0 aromatic carbocycles. The Morgan fingerprint density at radius 2 is 1.86 bits per heavy atom. The van der Waals surface area contributed by atoms with Crippen molar-refractivity contribution in [2.45, 2.75) is 46.9 Å². The number of halogens is 3. The first kappa shape index (κ1) is 18.3. The highest BCUT2D eigenvalue weighted by molar-refractivity contribution is 5.79. The summed E-state index contributed by atoms with van der Waals surface area (Å²) in [6.07, 6.45) is 1.46. The summed E-state index contributed by atoms with van der Waals surface area (Å²) in [5, 5.41) is 0. The van der Waals surface area contributed by atoms with Gasteiger partial charge >= 0.3 is 12.1 Å². The van der Waals surface area contributed by atoms with Crippen molar-refractivity contribution in [3.63, 3.8) is 0 Å². The van der Waals surface area contributed by atoms with Crippen LogP contribution in [0.4, 0.5) is 13.2 Å². The first-order valence-corrected chi connectivity index (χ1v) is 6.98. The van der Waals surface area contributed by atoms with Gasteiger partial charge in [-0.25, -0.2) is 0 Å². The lowest BCUT2D eigenvalue weighted by Crippen LogP contribution is -2.22. The molecule has 0 bridgehead atoms. The maximum atomic E-state index is 12.3. The molecular formula is C17H21F3O2. The van der Waals surface area contributed by atoms with Gasteiger partial charge in [0.2, 0.25) is 0 Å². The van der Waals surface area contributed by atoms with Crippen molar-refractivity contribution in [2.24, 2.45) is 17.3 Å². The Kier molecular flexibility index (Phi) is 5.17. The number of carbonyl (C=O) groups excluding carboxylic acids is 1. The van der Waals surface area contributed by atoms with Gasteiger partial charge in [-0.1, -0.05) is 31.4 Å². The second-order valence-corrected chi connectivity index (χ2v) is 6.48. The van der Waals surface area contributed by atoms with Crippen LogP contribution >= 0.6 is 0 Å². The van der Waals surface area contributed by atoms with Gasteiger partial charge in [-0.15, -0.1) is 6.42 Å². The molecule has 122 valence electrons. The molecule has 0 aromatic rings. The first-order chi connectivity index (χ1) is 9.90. The van der Waals surface area contributed by atoms with Crippen LogP contribution in [0.2, 0.25) is 0 Å². The van der Waals surface area contributed by atoms with Gasteiger partial charge in [0.05, 0.1) is 5.92 Å². The number of ether oxygens (including phenoxy) is 1. The van der Waals surface area contributed by atoms with Gasteiger partial charge in [0.25, 0.3) is 0 Å². The predicted octanol–water partition coefficient (Wildman–Crippen LogP) is 4.28. The van der Waals surface area contributed by atoms with Crippen LogP contribution < -0.4 is 0 Å². The van der Waals surface area contributed by atoms with Gasteiger partial charge < -0.3 is 4.74 Å². The first-order valence-electron chi connectivity index (χ1n) is 6.98. The molecule has 1 fully saturated rings. The lowest BCUT2D eigenvalue weighted by Gasteiger charge is -2.14. The van der Waals surface area contributed by atoms with E-state index in [9.17, 15) is 18.0 Å². The second kappa shape index (κ2) is 6.20. The number of hydrogen-bond donors (Lipinski definition) is 0. The number of alkyl halides is 3. The fourth-order valence-electron chi connectivity index (χ4n) is 2.58. The standard InChI is InChI=1S/C17H21F3O2/c1-7-13(11(4)9-17(18,19)20)22-15(21)14-12(8-10(2)3)16(14,5)6/h1,8-9,12-14H,2-6H3. The van der Waals surface area contributed by atoms with E-state index in [1.54, 1.807) is 0 Å². The Morgan fingerprint density at radius 1 is 1.32 bits per heavy atom. The van der Waals surface area contributed by atoms with E-state index in [-0.39, 0.29) is 28.9 Å². The van der Waals surface area contributed by atoms with Crippen molar-refractivity contribution in [1.29, 1.82) is 0 Å². The van der Waals surface area contributed by atoms with Crippen LogP contribution in [-0.4, -0.2) is 18.2 Å². The van der Waals surface area contributed by atoms with Crippen molar-refractivity contribution in [3.8, 4) is 12.3 Å². The molecule has 1 rings (SSSR count). The lowest BCUT2D eigenvalue weighted by molar-refractivity contribution is -0.148. The molecule has 2 nitrogen and oxygen atoms in total. The number of terminal acetylenes is 1. The van der Waals surface area contributed by atoms with Crippen LogP contribution in [0.1, 0.15) is 34.6 Å². The van der Waals surface area contributed by atoms with E-state index in [1.807, 2.05) is 33.8 Å².